The maximum absolute atomic E-state index is 12.6. The highest BCUT2D eigenvalue weighted by Crippen LogP contribution is 2.31. The lowest BCUT2D eigenvalue weighted by atomic mass is 10.1. The predicted octanol–water partition coefficient (Wildman–Crippen LogP) is 2.53. The molecule has 0 fully saturated rings. The van der Waals surface area contributed by atoms with Crippen molar-refractivity contribution in [2.45, 2.75) is 20.0 Å². The van der Waals surface area contributed by atoms with Crippen molar-refractivity contribution >= 4 is 5.71 Å². The number of fused-ring (bicyclic) bond motifs is 1. The fourth-order valence-electron chi connectivity index (χ4n) is 1.59. The van der Waals surface area contributed by atoms with Crippen LogP contribution in [0.4, 0.5) is 13.2 Å². The molecule has 0 radical (unpaired) electrons. The summed E-state index contributed by atoms with van der Waals surface area (Å²) in [6.45, 7) is 2.74. The largest absolute Gasteiger partial charge is 0.446 e. The molecule has 2 heterocycles. The highest BCUT2D eigenvalue weighted by atomic mass is 19.4. The van der Waals surface area contributed by atoms with Crippen LogP contribution < -0.4 is 5.56 Å². The second-order valence-electron chi connectivity index (χ2n) is 3.54. The van der Waals surface area contributed by atoms with Gasteiger partial charge in [-0.15, -0.1) is 0 Å². The van der Waals surface area contributed by atoms with Gasteiger partial charge in [-0.3, -0.25) is 4.79 Å². The van der Waals surface area contributed by atoms with E-state index in [1.54, 1.807) is 6.92 Å². The molecule has 0 unspecified atom stereocenters. The quantitative estimate of drug-likeness (QED) is 0.698. The molecule has 0 amide bonds. The minimum atomic E-state index is -4.54. The summed E-state index contributed by atoms with van der Waals surface area (Å²) >= 11 is 0. The number of hydrogen-bond donors (Lipinski definition) is 0. The number of aromatic nitrogens is 1. The van der Waals surface area contributed by atoms with Crippen LogP contribution in [0.25, 0.3) is 5.71 Å². The Hall–Kier alpha value is -1.72. The number of alkyl halides is 3. The maximum atomic E-state index is 12.6. The van der Waals surface area contributed by atoms with Crippen molar-refractivity contribution in [3.8, 4) is 0 Å². The fourth-order valence-corrected chi connectivity index (χ4v) is 1.59. The first-order valence-corrected chi connectivity index (χ1v) is 4.50. The highest BCUT2D eigenvalue weighted by Gasteiger charge is 2.34. The molecule has 0 saturated heterocycles. The average molecular weight is 231 g/mol. The van der Waals surface area contributed by atoms with Crippen molar-refractivity contribution in [2.24, 2.45) is 0 Å². The predicted molar refractivity (Wildman–Crippen MR) is 50.4 cm³/mol. The molecule has 0 saturated carbocycles. The van der Waals surface area contributed by atoms with Gasteiger partial charge >= 0.3 is 6.18 Å². The smallest absolute Gasteiger partial charge is 0.417 e. The molecule has 0 atom stereocenters. The first kappa shape index (κ1) is 10.8. The van der Waals surface area contributed by atoms with Gasteiger partial charge in [0.15, 0.2) is 0 Å². The SMILES string of the molecule is Cc1c(C(F)(F)F)cc2occ(C)n2c1=O. The normalized spacial score (nSPS) is 12.3. The van der Waals surface area contributed by atoms with E-state index in [0.717, 1.165) is 17.4 Å². The maximum Gasteiger partial charge on any atom is 0.417 e. The molecular weight excluding hydrogens is 223 g/mol. The van der Waals surface area contributed by atoms with Crippen LogP contribution in [0.1, 0.15) is 16.8 Å². The van der Waals surface area contributed by atoms with E-state index in [1.165, 1.54) is 6.26 Å². The van der Waals surface area contributed by atoms with E-state index in [2.05, 4.69) is 0 Å². The lowest BCUT2D eigenvalue weighted by molar-refractivity contribution is -0.138. The van der Waals surface area contributed by atoms with E-state index in [0.29, 0.717) is 5.69 Å². The first-order chi connectivity index (χ1) is 7.32. The molecule has 0 aliphatic carbocycles. The minimum absolute atomic E-state index is 0.0968. The minimum Gasteiger partial charge on any atom is -0.446 e. The van der Waals surface area contributed by atoms with Gasteiger partial charge in [-0.05, 0) is 13.8 Å². The van der Waals surface area contributed by atoms with Crippen LogP contribution in [-0.4, -0.2) is 4.40 Å². The lowest BCUT2D eigenvalue weighted by Crippen LogP contribution is -2.22. The van der Waals surface area contributed by atoms with E-state index >= 15 is 0 Å². The van der Waals surface area contributed by atoms with Gasteiger partial charge in [-0.25, -0.2) is 4.40 Å². The molecule has 0 aliphatic rings. The number of halogens is 3. The van der Waals surface area contributed by atoms with Crippen LogP contribution in [0, 0.1) is 13.8 Å². The van der Waals surface area contributed by atoms with Crippen molar-refractivity contribution < 1.29 is 17.6 Å². The Morgan fingerprint density at radius 2 is 1.94 bits per heavy atom. The Kier molecular flexibility index (Phi) is 2.11. The van der Waals surface area contributed by atoms with Crippen molar-refractivity contribution in [1.82, 2.24) is 4.40 Å². The summed E-state index contributed by atoms with van der Waals surface area (Å²) in [5, 5.41) is 0. The first-order valence-electron chi connectivity index (χ1n) is 4.50. The van der Waals surface area contributed by atoms with E-state index < -0.39 is 17.3 Å². The van der Waals surface area contributed by atoms with Crippen molar-refractivity contribution in [1.29, 1.82) is 0 Å². The van der Waals surface area contributed by atoms with Gasteiger partial charge < -0.3 is 4.42 Å². The zero-order valence-corrected chi connectivity index (χ0v) is 8.55. The Morgan fingerprint density at radius 1 is 1.31 bits per heavy atom. The topological polar surface area (TPSA) is 34.6 Å². The Labute approximate surface area is 88.1 Å². The molecule has 2 rings (SSSR count). The zero-order chi connectivity index (χ0) is 12.1. The second kappa shape index (κ2) is 3.13. The molecule has 0 bridgehead atoms. The molecule has 16 heavy (non-hydrogen) atoms. The van der Waals surface area contributed by atoms with Crippen LogP contribution in [-0.2, 0) is 6.18 Å². The second-order valence-corrected chi connectivity index (χ2v) is 3.54. The average Bonchev–Trinajstić information content (AvgIpc) is 2.52. The Bertz CT molecular complexity index is 607. The van der Waals surface area contributed by atoms with E-state index in [9.17, 15) is 18.0 Å². The molecule has 2 aromatic heterocycles. The van der Waals surface area contributed by atoms with Crippen LogP contribution in [0.5, 0.6) is 0 Å². The summed E-state index contributed by atoms with van der Waals surface area (Å²) < 4.78 is 43.7. The molecule has 86 valence electrons. The third-order valence-electron chi connectivity index (χ3n) is 2.42. The number of rotatable bonds is 0. The van der Waals surface area contributed by atoms with Gasteiger partial charge in [-0.2, -0.15) is 13.2 Å². The number of pyridine rings is 1. The van der Waals surface area contributed by atoms with Crippen LogP contribution in [0.3, 0.4) is 0 Å². The van der Waals surface area contributed by atoms with Crippen LogP contribution in [0.15, 0.2) is 21.5 Å². The van der Waals surface area contributed by atoms with Crippen molar-refractivity contribution in [3.63, 3.8) is 0 Å². The van der Waals surface area contributed by atoms with Crippen molar-refractivity contribution in [3.05, 3.63) is 39.5 Å². The molecule has 0 N–H and O–H groups in total. The van der Waals surface area contributed by atoms with E-state index in [1.807, 2.05) is 0 Å². The summed E-state index contributed by atoms with van der Waals surface area (Å²) in [5.41, 5.74) is -1.60. The number of nitrogens with zero attached hydrogens (tertiary/aromatic N) is 1. The molecular formula is C10H8F3NO2. The number of oxazole rings is 1. The van der Waals surface area contributed by atoms with E-state index in [4.69, 9.17) is 4.42 Å². The van der Waals surface area contributed by atoms with Gasteiger partial charge in [0.25, 0.3) is 5.56 Å². The van der Waals surface area contributed by atoms with E-state index in [-0.39, 0.29) is 11.3 Å². The standard InChI is InChI=1S/C10H8F3NO2/c1-5-4-16-8-3-7(10(11,12)13)6(2)9(15)14(5)8/h3-4H,1-2H3. The highest BCUT2D eigenvalue weighted by molar-refractivity contribution is 5.44. The fraction of sp³-hybridized carbons (Fsp3) is 0.300. The van der Waals surface area contributed by atoms with Crippen LogP contribution >= 0.6 is 0 Å². The lowest BCUT2D eigenvalue weighted by Gasteiger charge is -2.09. The van der Waals surface area contributed by atoms with Gasteiger partial charge in [0.1, 0.15) is 6.26 Å². The monoisotopic (exact) mass is 231 g/mol. The Morgan fingerprint density at radius 3 is 2.50 bits per heavy atom. The third kappa shape index (κ3) is 1.41. The number of aryl methyl sites for hydroxylation is 1. The molecule has 0 aliphatic heterocycles. The summed E-state index contributed by atoms with van der Waals surface area (Å²) in [6, 6.07) is 0.837. The number of hydrogen-bond acceptors (Lipinski definition) is 2. The molecule has 3 nitrogen and oxygen atoms in total. The van der Waals surface area contributed by atoms with Crippen molar-refractivity contribution in [2.75, 3.05) is 0 Å². The Balaban J connectivity index is 2.92. The van der Waals surface area contributed by atoms with Gasteiger partial charge in [0, 0.05) is 11.6 Å². The summed E-state index contributed by atoms with van der Waals surface area (Å²) in [6.07, 6.45) is -3.30. The third-order valence-corrected chi connectivity index (χ3v) is 2.42. The van der Waals surface area contributed by atoms with Gasteiger partial charge in [0.05, 0.1) is 11.3 Å². The van der Waals surface area contributed by atoms with Crippen LogP contribution in [0.2, 0.25) is 0 Å². The summed E-state index contributed by atoms with van der Waals surface area (Å²) in [4.78, 5) is 11.7. The zero-order valence-electron chi connectivity index (χ0n) is 8.55. The summed E-state index contributed by atoms with van der Waals surface area (Å²) in [7, 11) is 0. The van der Waals surface area contributed by atoms with Gasteiger partial charge in [-0.1, -0.05) is 0 Å². The summed E-state index contributed by atoms with van der Waals surface area (Å²) in [5.74, 6) is 0. The molecule has 0 aromatic carbocycles. The molecule has 0 spiro atoms. The molecule has 6 heteroatoms. The van der Waals surface area contributed by atoms with Gasteiger partial charge in [0.2, 0.25) is 5.71 Å². The molecule has 2 aromatic rings.